The van der Waals surface area contributed by atoms with E-state index in [1.165, 1.54) is 0 Å². The van der Waals surface area contributed by atoms with Gasteiger partial charge in [-0.1, -0.05) is 48.0 Å². The van der Waals surface area contributed by atoms with E-state index >= 15 is 0 Å². The number of amides is 2. The van der Waals surface area contributed by atoms with Crippen molar-refractivity contribution in [3.63, 3.8) is 0 Å². The molecule has 2 aromatic carbocycles. The molecule has 0 radical (unpaired) electrons. The molecule has 6 nitrogen and oxygen atoms in total. The minimum atomic E-state index is -0.395. The van der Waals surface area contributed by atoms with E-state index in [2.05, 4.69) is 10.9 Å². The van der Waals surface area contributed by atoms with E-state index < -0.39 is 5.91 Å². The number of hydrazine groups is 1. The largest absolute Gasteiger partial charge is 0.469 e. The molecule has 0 aliphatic heterocycles. The molecule has 4 aromatic rings. The van der Waals surface area contributed by atoms with Gasteiger partial charge in [0.25, 0.3) is 5.91 Å². The highest BCUT2D eigenvalue weighted by Gasteiger charge is 2.15. The van der Waals surface area contributed by atoms with Crippen molar-refractivity contribution >= 4 is 22.7 Å². The molecule has 2 N–H and O–H groups in total. The first-order valence-electron chi connectivity index (χ1n) is 9.68. The van der Waals surface area contributed by atoms with Crippen molar-refractivity contribution in [1.29, 1.82) is 0 Å². The van der Waals surface area contributed by atoms with Crippen LogP contribution in [0.3, 0.4) is 0 Å². The zero-order valence-electron chi connectivity index (χ0n) is 16.5. The van der Waals surface area contributed by atoms with Gasteiger partial charge in [0.15, 0.2) is 0 Å². The van der Waals surface area contributed by atoms with Crippen molar-refractivity contribution in [2.75, 3.05) is 0 Å². The second-order valence-electron chi connectivity index (χ2n) is 7.02. The number of fused-ring (bicyclic) bond motifs is 1. The molecule has 2 heterocycles. The summed E-state index contributed by atoms with van der Waals surface area (Å²) in [6.07, 6.45) is 2.24. The fourth-order valence-electron chi connectivity index (χ4n) is 3.18. The smallest absolute Gasteiger partial charge is 0.270 e. The Labute approximate surface area is 173 Å². The van der Waals surface area contributed by atoms with Gasteiger partial charge >= 0.3 is 0 Å². The molecule has 0 saturated heterocycles. The fourth-order valence-corrected chi connectivity index (χ4v) is 3.18. The van der Waals surface area contributed by atoms with E-state index in [9.17, 15) is 9.59 Å². The van der Waals surface area contributed by atoms with Gasteiger partial charge < -0.3 is 4.42 Å². The topological polar surface area (TPSA) is 84.2 Å². The second-order valence-corrected chi connectivity index (χ2v) is 7.02. The van der Waals surface area contributed by atoms with E-state index in [-0.39, 0.29) is 12.3 Å². The van der Waals surface area contributed by atoms with E-state index in [1.807, 2.05) is 61.5 Å². The number of hydrogen-bond acceptors (Lipinski definition) is 4. The van der Waals surface area contributed by atoms with Crippen LogP contribution in [0.5, 0.6) is 0 Å². The number of carbonyl (C=O) groups is 2. The number of nitrogens with one attached hydrogen (secondary N) is 2. The average Bonchev–Trinajstić information content (AvgIpc) is 3.29. The zero-order chi connectivity index (χ0) is 20.9. The van der Waals surface area contributed by atoms with Gasteiger partial charge in [0.1, 0.15) is 5.76 Å². The normalized spacial score (nSPS) is 10.7. The Hall–Kier alpha value is -3.93. The molecule has 150 valence electrons. The number of nitrogens with zero attached hydrogens (tertiary/aromatic N) is 1. The Balaban J connectivity index is 1.53. The number of benzene rings is 2. The van der Waals surface area contributed by atoms with E-state index in [0.717, 1.165) is 22.3 Å². The standard InChI is InChI=1S/C24H21N3O3/c1-16-8-10-17(11-9-16)22-15-20(19-6-2-3-7-21(19)25-22)24(29)27-26-23(28)13-12-18-5-4-14-30-18/h2-11,14-15H,12-13H2,1H3,(H,26,28)(H,27,29). The van der Waals surface area contributed by atoms with Crippen molar-refractivity contribution in [1.82, 2.24) is 15.8 Å². The number of pyridine rings is 1. The van der Waals surface area contributed by atoms with Crippen LogP contribution in [0.1, 0.15) is 28.1 Å². The third kappa shape index (κ3) is 4.38. The number of hydrogen-bond donors (Lipinski definition) is 2. The third-order valence-corrected chi connectivity index (χ3v) is 4.80. The van der Waals surface area contributed by atoms with Gasteiger partial charge in [0.05, 0.1) is 23.0 Å². The highest BCUT2D eigenvalue weighted by molar-refractivity contribution is 6.07. The predicted octanol–water partition coefficient (Wildman–Crippen LogP) is 4.20. The van der Waals surface area contributed by atoms with Crippen molar-refractivity contribution < 1.29 is 14.0 Å². The molecule has 0 bridgehead atoms. The minimum absolute atomic E-state index is 0.208. The number of carbonyl (C=O) groups excluding carboxylic acids is 2. The summed E-state index contributed by atoms with van der Waals surface area (Å²) in [6.45, 7) is 2.02. The quantitative estimate of drug-likeness (QED) is 0.493. The van der Waals surface area contributed by atoms with Crippen LogP contribution < -0.4 is 10.9 Å². The highest BCUT2D eigenvalue weighted by atomic mass is 16.3. The van der Waals surface area contributed by atoms with Gasteiger partial charge in [-0.25, -0.2) is 4.98 Å². The summed E-state index contributed by atoms with van der Waals surface area (Å²) in [6, 6.07) is 20.7. The summed E-state index contributed by atoms with van der Waals surface area (Å²) in [5, 5.41) is 0.718. The Morgan fingerprint density at radius 3 is 2.53 bits per heavy atom. The second kappa shape index (κ2) is 8.61. The van der Waals surface area contributed by atoms with Gasteiger partial charge in [0, 0.05) is 23.8 Å². The number of furan rings is 1. The highest BCUT2D eigenvalue weighted by Crippen LogP contribution is 2.25. The van der Waals surface area contributed by atoms with Crippen LogP contribution in [0.25, 0.3) is 22.2 Å². The average molecular weight is 399 g/mol. The Morgan fingerprint density at radius 2 is 1.77 bits per heavy atom. The van der Waals surface area contributed by atoms with Crippen LogP contribution in [0.2, 0.25) is 0 Å². The molecule has 0 atom stereocenters. The lowest BCUT2D eigenvalue weighted by molar-refractivity contribution is -0.121. The van der Waals surface area contributed by atoms with Crippen molar-refractivity contribution in [2.24, 2.45) is 0 Å². The third-order valence-electron chi connectivity index (χ3n) is 4.80. The Morgan fingerprint density at radius 1 is 0.967 bits per heavy atom. The SMILES string of the molecule is Cc1ccc(-c2cc(C(=O)NNC(=O)CCc3ccco3)c3ccccc3n2)cc1. The summed E-state index contributed by atoms with van der Waals surface area (Å²) in [5.41, 5.74) is 8.91. The maximum atomic E-state index is 12.9. The maximum Gasteiger partial charge on any atom is 0.270 e. The molecule has 30 heavy (non-hydrogen) atoms. The monoisotopic (exact) mass is 399 g/mol. The molecule has 6 heteroatoms. The van der Waals surface area contributed by atoms with Crippen molar-refractivity contribution in [3.8, 4) is 11.3 Å². The Bertz CT molecular complexity index is 1180. The molecule has 0 saturated carbocycles. The number of aromatic nitrogens is 1. The Kier molecular flexibility index (Phi) is 5.57. The van der Waals surface area contributed by atoms with E-state index in [4.69, 9.17) is 9.40 Å². The molecule has 0 spiro atoms. The molecule has 2 amide bonds. The first kappa shape index (κ1) is 19.4. The molecule has 0 aliphatic carbocycles. The molecular weight excluding hydrogens is 378 g/mol. The van der Waals surface area contributed by atoms with Crippen LogP contribution in [0, 0.1) is 6.92 Å². The maximum absolute atomic E-state index is 12.9. The first-order valence-corrected chi connectivity index (χ1v) is 9.68. The van der Waals surface area contributed by atoms with Crippen molar-refractivity contribution in [2.45, 2.75) is 19.8 Å². The zero-order valence-corrected chi connectivity index (χ0v) is 16.5. The summed E-state index contributed by atoms with van der Waals surface area (Å²) in [4.78, 5) is 29.6. The van der Waals surface area contributed by atoms with Gasteiger partial charge in [-0.05, 0) is 31.2 Å². The van der Waals surface area contributed by atoms with Gasteiger partial charge in [-0.15, -0.1) is 0 Å². The number of aryl methyl sites for hydroxylation is 2. The summed E-state index contributed by atoms with van der Waals surface area (Å²) < 4.78 is 5.22. The molecule has 0 fully saturated rings. The lowest BCUT2D eigenvalue weighted by atomic mass is 10.0. The first-order chi connectivity index (χ1) is 14.6. The molecule has 2 aromatic heterocycles. The van der Waals surface area contributed by atoms with Crippen LogP contribution in [0.4, 0.5) is 0 Å². The van der Waals surface area contributed by atoms with Crippen LogP contribution >= 0.6 is 0 Å². The van der Waals surface area contributed by atoms with Crippen LogP contribution in [0.15, 0.2) is 77.4 Å². The molecule has 0 unspecified atom stereocenters. The van der Waals surface area contributed by atoms with Gasteiger partial charge in [0.2, 0.25) is 5.91 Å². The summed E-state index contributed by atoms with van der Waals surface area (Å²) in [5.74, 6) is 0.0320. The summed E-state index contributed by atoms with van der Waals surface area (Å²) >= 11 is 0. The van der Waals surface area contributed by atoms with Crippen LogP contribution in [-0.4, -0.2) is 16.8 Å². The molecule has 4 rings (SSSR count). The lowest BCUT2D eigenvalue weighted by Gasteiger charge is -2.11. The molecule has 0 aliphatic rings. The minimum Gasteiger partial charge on any atom is -0.469 e. The van der Waals surface area contributed by atoms with Crippen molar-refractivity contribution in [3.05, 3.63) is 89.9 Å². The van der Waals surface area contributed by atoms with Gasteiger partial charge in [-0.2, -0.15) is 0 Å². The number of para-hydroxylation sites is 1. The summed E-state index contributed by atoms with van der Waals surface area (Å²) in [7, 11) is 0. The van der Waals surface area contributed by atoms with E-state index in [1.54, 1.807) is 18.4 Å². The lowest BCUT2D eigenvalue weighted by Crippen LogP contribution is -2.41. The van der Waals surface area contributed by atoms with E-state index in [0.29, 0.717) is 23.2 Å². The predicted molar refractivity (Wildman–Crippen MR) is 115 cm³/mol. The van der Waals surface area contributed by atoms with Gasteiger partial charge in [-0.3, -0.25) is 20.4 Å². The fraction of sp³-hybridized carbons (Fsp3) is 0.125. The van der Waals surface area contributed by atoms with Crippen LogP contribution in [-0.2, 0) is 11.2 Å². The number of rotatable bonds is 5. The molecular formula is C24H21N3O3.